The number of benzene rings is 1. The number of nitrogens with two attached hydrogens (primary N) is 1. The molecular weight excluding hydrogens is 292 g/mol. The zero-order valence-corrected chi connectivity index (χ0v) is 10.4. The summed E-state index contributed by atoms with van der Waals surface area (Å²) in [4.78, 5) is 0. The van der Waals surface area contributed by atoms with E-state index in [0.717, 1.165) is 4.47 Å². The van der Waals surface area contributed by atoms with Gasteiger partial charge in [-0.1, -0.05) is 5.16 Å². The van der Waals surface area contributed by atoms with Crippen molar-refractivity contribution in [2.45, 2.75) is 0 Å². The van der Waals surface area contributed by atoms with Crippen LogP contribution < -0.4 is 19.9 Å². The molecule has 92 valence electrons. The molecule has 1 aliphatic heterocycles. The van der Waals surface area contributed by atoms with Crippen LogP contribution in [0.1, 0.15) is 0 Å². The lowest BCUT2D eigenvalue weighted by Crippen LogP contribution is -2.21. The summed E-state index contributed by atoms with van der Waals surface area (Å²) in [5, 5.41) is 11.2. The highest BCUT2D eigenvalue weighted by molar-refractivity contribution is 9.10. The summed E-state index contributed by atoms with van der Waals surface area (Å²) in [7, 11) is 0. The summed E-state index contributed by atoms with van der Waals surface area (Å²) in [6.45, 7) is 1.03. The first-order valence-electron chi connectivity index (χ1n) is 4.89. The molecule has 1 aromatic carbocycles. The van der Waals surface area contributed by atoms with Crippen LogP contribution in [-0.2, 0) is 0 Å². The molecule has 0 aliphatic carbocycles. The monoisotopic (exact) mass is 302 g/mol. The van der Waals surface area contributed by atoms with E-state index in [1.165, 1.54) is 0 Å². The summed E-state index contributed by atoms with van der Waals surface area (Å²) in [6, 6.07) is 3.43. The first-order valence-corrected chi connectivity index (χ1v) is 5.68. The smallest absolute Gasteiger partial charge is 0.177 e. The lowest BCUT2D eigenvalue weighted by molar-refractivity contribution is 0.169. The molecule has 0 spiro atoms. The van der Waals surface area contributed by atoms with Gasteiger partial charge in [0.15, 0.2) is 17.3 Å². The Balaban J connectivity index is 2.16. The van der Waals surface area contributed by atoms with Crippen LogP contribution >= 0.6 is 15.9 Å². The van der Waals surface area contributed by atoms with E-state index in [-0.39, 0.29) is 12.4 Å². The Morgan fingerprint density at radius 2 is 2.24 bits per heavy atom. The molecule has 0 atom stereocenters. The highest BCUT2D eigenvalue weighted by atomic mass is 79.9. The van der Waals surface area contributed by atoms with E-state index in [0.29, 0.717) is 30.5 Å². The van der Waals surface area contributed by atoms with Crippen LogP contribution in [0.15, 0.2) is 21.8 Å². The normalized spacial score (nSPS) is 14.5. The lowest BCUT2D eigenvalue weighted by Gasteiger charge is -2.20. The van der Waals surface area contributed by atoms with Gasteiger partial charge in [-0.05, 0) is 22.0 Å². The molecule has 3 N–H and O–H groups in total. The van der Waals surface area contributed by atoms with Gasteiger partial charge in [0, 0.05) is 6.07 Å². The van der Waals surface area contributed by atoms with E-state index >= 15 is 0 Å². The van der Waals surface area contributed by atoms with Crippen molar-refractivity contribution in [3.05, 3.63) is 16.6 Å². The van der Waals surface area contributed by atoms with Crippen molar-refractivity contribution in [1.29, 1.82) is 0 Å². The third-order valence-electron chi connectivity index (χ3n) is 2.09. The zero-order valence-electron chi connectivity index (χ0n) is 8.85. The number of oxime groups is 1. The average molecular weight is 303 g/mol. The first kappa shape index (κ1) is 11.8. The van der Waals surface area contributed by atoms with E-state index in [2.05, 4.69) is 21.1 Å². The Morgan fingerprint density at radius 3 is 3.00 bits per heavy atom. The van der Waals surface area contributed by atoms with Crippen molar-refractivity contribution in [3.63, 3.8) is 0 Å². The topological polar surface area (TPSA) is 86.3 Å². The van der Waals surface area contributed by atoms with Gasteiger partial charge >= 0.3 is 0 Å². The van der Waals surface area contributed by atoms with Gasteiger partial charge in [0.2, 0.25) is 0 Å². The minimum Gasteiger partial charge on any atom is -0.486 e. The highest BCUT2D eigenvalue weighted by Gasteiger charge is 2.16. The highest BCUT2D eigenvalue weighted by Crippen LogP contribution is 2.40. The second-order valence-corrected chi connectivity index (χ2v) is 4.16. The largest absolute Gasteiger partial charge is 0.486 e. The number of ether oxygens (including phenoxy) is 3. The second-order valence-electron chi connectivity index (χ2n) is 3.31. The zero-order chi connectivity index (χ0) is 12.3. The van der Waals surface area contributed by atoms with Crippen molar-refractivity contribution in [2.75, 3.05) is 19.8 Å². The maximum Gasteiger partial charge on any atom is 0.177 e. The minimum atomic E-state index is -0.00369. The van der Waals surface area contributed by atoms with Gasteiger partial charge in [0.1, 0.15) is 25.6 Å². The van der Waals surface area contributed by atoms with Crippen molar-refractivity contribution < 1.29 is 19.4 Å². The number of rotatable bonds is 3. The fraction of sp³-hybridized carbons (Fsp3) is 0.300. The molecule has 6 nitrogen and oxygen atoms in total. The number of amidine groups is 1. The lowest BCUT2D eigenvalue weighted by atomic mass is 10.3. The van der Waals surface area contributed by atoms with Crippen molar-refractivity contribution in [3.8, 4) is 17.2 Å². The molecule has 1 aliphatic rings. The molecule has 1 heterocycles. The Hall–Kier alpha value is -1.63. The van der Waals surface area contributed by atoms with Gasteiger partial charge in [0.05, 0.1) is 4.47 Å². The van der Waals surface area contributed by atoms with Crippen LogP contribution in [0.4, 0.5) is 0 Å². The fourth-order valence-corrected chi connectivity index (χ4v) is 1.89. The molecule has 0 amide bonds. The maximum atomic E-state index is 8.39. The van der Waals surface area contributed by atoms with Crippen LogP contribution in [0.25, 0.3) is 0 Å². The van der Waals surface area contributed by atoms with Gasteiger partial charge in [-0.25, -0.2) is 0 Å². The molecule has 17 heavy (non-hydrogen) atoms. The number of fused-ring (bicyclic) bond motifs is 1. The molecule has 0 aromatic heterocycles. The van der Waals surface area contributed by atoms with E-state index in [1.54, 1.807) is 12.1 Å². The minimum absolute atomic E-state index is 0.00256. The van der Waals surface area contributed by atoms with Gasteiger partial charge in [0.25, 0.3) is 0 Å². The molecule has 0 unspecified atom stereocenters. The molecule has 1 aromatic rings. The molecule has 0 bridgehead atoms. The summed E-state index contributed by atoms with van der Waals surface area (Å²) in [5.74, 6) is 1.82. The maximum absolute atomic E-state index is 8.39. The fourth-order valence-electron chi connectivity index (χ4n) is 1.36. The predicted molar refractivity (Wildman–Crippen MR) is 64.0 cm³/mol. The number of hydrogen-bond donors (Lipinski definition) is 2. The Bertz CT molecular complexity index is 450. The molecule has 0 saturated carbocycles. The molecule has 2 rings (SSSR count). The molecule has 0 radical (unpaired) electrons. The van der Waals surface area contributed by atoms with Crippen molar-refractivity contribution in [1.82, 2.24) is 0 Å². The van der Waals surface area contributed by atoms with Crippen LogP contribution in [-0.4, -0.2) is 30.9 Å². The molecule has 7 heteroatoms. The van der Waals surface area contributed by atoms with Crippen LogP contribution in [0.3, 0.4) is 0 Å². The van der Waals surface area contributed by atoms with E-state index in [1.807, 2.05) is 0 Å². The summed E-state index contributed by atoms with van der Waals surface area (Å²) in [5.41, 5.74) is 5.30. The van der Waals surface area contributed by atoms with Crippen LogP contribution in [0.2, 0.25) is 0 Å². The van der Waals surface area contributed by atoms with Gasteiger partial charge < -0.3 is 25.2 Å². The predicted octanol–water partition coefficient (Wildman–Crippen LogP) is 1.35. The standard InChI is InChI=1S/C10H11BrN2O4/c11-7-3-6(17-5-9(12)13-14)4-8-10(7)16-2-1-15-8/h3-4,14H,1-2,5H2,(H2,12,13). The van der Waals surface area contributed by atoms with Crippen LogP contribution in [0, 0.1) is 0 Å². The Kier molecular flexibility index (Phi) is 3.58. The number of halogens is 1. The van der Waals surface area contributed by atoms with Gasteiger partial charge in [-0.2, -0.15) is 0 Å². The summed E-state index contributed by atoms with van der Waals surface area (Å²) in [6.07, 6.45) is 0. The quantitative estimate of drug-likeness (QED) is 0.381. The van der Waals surface area contributed by atoms with E-state index < -0.39 is 0 Å². The second kappa shape index (κ2) is 5.13. The Labute approximate surface area is 106 Å². The van der Waals surface area contributed by atoms with E-state index in [9.17, 15) is 0 Å². The molecular formula is C10H11BrN2O4. The SMILES string of the molecule is N/C(COc1cc(Br)c2c(c1)OCCO2)=N\O. The third-order valence-corrected chi connectivity index (χ3v) is 2.67. The summed E-state index contributed by atoms with van der Waals surface area (Å²) < 4.78 is 16.9. The molecule has 0 fully saturated rings. The Morgan fingerprint density at radius 1 is 1.47 bits per heavy atom. The summed E-state index contributed by atoms with van der Waals surface area (Å²) >= 11 is 3.36. The van der Waals surface area contributed by atoms with Crippen LogP contribution in [0.5, 0.6) is 17.2 Å². The average Bonchev–Trinajstić information content (AvgIpc) is 2.36. The van der Waals surface area contributed by atoms with E-state index in [4.69, 9.17) is 25.2 Å². The third kappa shape index (κ3) is 2.73. The number of hydrogen-bond acceptors (Lipinski definition) is 5. The van der Waals surface area contributed by atoms with Crippen molar-refractivity contribution >= 4 is 21.8 Å². The van der Waals surface area contributed by atoms with Gasteiger partial charge in [-0.3, -0.25) is 0 Å². The first-order chi connectivity index (χ1) is 8.20. The van der Waals surface area contributed by atoms with Crippen molar-refractivity contribution in [2.24, 2.45) is 10.9 Å². The molecule has 0 saturated heterocycles. The number of nitrogens with zero attached hydrogens (tertiary/aromatic N) is 1. The van der Waals surface area contributed by atoms with Gasteiger partial charge in [-0.15, -0.1) is 0 Å².